The summed E-state index contributed by atoms with van der Waals surface area (Å²) in [6, 6.07) is 3.78. The van der Waals surface area contributed by atoms with Crippen molar-refractivity contribution < 1.29 is 4.42 Å². The number of halogens is 2. The zero-order valence-electron chi connectivity index (χ0n) is 6.90. The second-order valence-electron chi connectivity index (χ2n) is 2.66. The lowest BCUT2D eigenvalue weighted by Crippen LogP contribution is -1.84. The quantitative estimate of drug-likeness (QED) is 0.841. The fourth-order valence-corrected chi connectivity index (χ4v) is 2.11. The lowest BCUT2D eigenvalue weighted by atomic mass is 10.2. The summed E-state index contributed by atoms with van der Waals surface area (Å²) in [5.41, 5.74) is 1.66. The van der Waals surface area contributed by atoms with E-state index in [-0.39, 0.29) is 0 Å². The second kappa shape index (κ2) is 3.24. The van der Waals surface area contributed by atoms with E-state index in [4.69, 9.17) is 16.0 Å². The molecule has 1 heterocycles. The van der Waals surface area contributed by atoms with Crippen LogP contribution in [0.1, 0.15) is 0 Å². The van der Waals surface area contributed by atoms with Gasteiger partial charge in [0.25, 0.3) is 0 Å². The van der Waals surface area contributed by atoms with Gasteiger partial charge in [-0.3, -0.25) is 0 Å². The molecular weight excluding hydrogens is 253 g/mol. The maximum atomic E-state index is 5.98. The van der Waals surface area contributed by atoms with Crippen molar-refractivity contribution in [2.75, 3.05) is 12.4 Å². The van der Waals surface area contributed by atoms with E-state index in [0.29, 0.717) is 10.6 Å². The molecule has 13 heavy (non-hydrogen) atoms. The summed E-state index contributed by atoms with van der Waals surface area (Å²) in [5, 5.41) is 4.64. The van der Waals surface area contributed by atoms with E-state index < -0.39 is 0 Å². The largest absolute Gasteiger partial charge is 0.461 e. The van der Waals surface area contributed by atoms with Crippen molar-refractivity contribution in [3.8, 4) is 0 Å². The van der Waals surface area contributed by atoms with Crippen molar-refractivity contribution in [3.63, 3.8) is 0 Å². The van der Waals surface area contributed by atoms with Crippen molar-refractivity contribution in [1.29, 1.82) is 0 Å². The molecule has 0 spiro atoms. The van der Waals surface area contributed by atoms with Crippen LogP contribution in [-0.4, -0.2) is 7.05 Å². The van der Waals surface area contributed by atoms with Gasteiger partial charge >= 0.3 is 0 Å². The Kier molecular flexibility index (Phi) is 2.22. The number of anilines is 1. The lowest BCUT2D eigenvalue weighted by Gasteiger charge is -1.97. The highest BCUT2D eigenvalue weighted by molar-refractivity contribution is 9.10. The van der Waals surface area contributed by atoms with Crippen LogP contribution in [0.5, 0.6) is 0 Å². The van der Waals surface area contributed by atoms with Gasteiger partial charge < -0.3 is 9.73 Å². The highest BCUT2D eigenvalue weighted by atomic mass is 79.9. The number of furan rings is 1. The molecule has 4 heteroatoms. The highest BCUT2D eigenvalue weighted by Crippen LogP contribution is 2.33. The highest BCUT2D eigenvalue weighted by Gasteiger charge is 2.08. The summed E-state index contributed by atoms with van der Waals surface area (Å²) in [4.78, 5) is 0. The first-order valence-electron chi connectivity index (χ1n) is 3.76. The molecule has 0 atom stereocenters. The normalized spacial score (nSPS) is 10.7. The molecule has 0 radical (unpaired) electrons. The van der Waals surface area contributed by atoms with Crippen LogP contribution in [-0.2, 0) is 0 Å². The molecule has 1 N–H and O–H groups in total. The van der Waals surface area contributed by atoms with E-state index in [1.807, 2.05) is 19.2 Å². The van der Waals surface area contributed by atoms with Crippen molar-refractivity contribution in [2.24, 2.45) is 0 Å². The fraction of sp³-hybridized carbons (Fsp3) is 0.111. The third kappa shape index (κ3) is 1.42. The Labute approximate surface area is 89.0 Å². The smallest absolute Gasteiger partial charge is 0.154 e. The molecule has 0 fully saturated rings. The molecule has 2 aromatic rings. The van der Waals surface area contributed by atoms with E-state index in [1.54, 1.807) is 6.26 Å². The summed E-state index contributed by atoms with van der Waals surface area (Å²) < 4.78 is 6.26. The van der Waals surface area contributed by atoms with E-state index >= 15 is 0 Å². The minimum atomic E-state index is 0.617. The molecule has 1 aromatic carbocycles. The van der Waals surface area contributed by atoms with Crippen LogP contribution in [0.3, 0.4) is 0 Å². The lowest BCUT2D eigenvalue weighted by molar-refractivity contribution is 0.617. The first-order valence-corrected chi connectivity index (χ1v) is 4.93. The first kappa shape index (κ1) is 8.91. The summed E-state index contributed by atoms with van der Waals surface area (Å²) in [5.74, 6) is 0. The van der Waals surface area contributed by atoms with Crippen LogP contribution >= 0.6 is 27.5 Å². The zero-order valence-corrected chi connectivity index (χ0v) is 9.24. The molecule has 68 valence electrons. The Morgan fingerprint density at radius 2 is 2.23 bits per heavy atom. The zero-order chi connectivity index (χ0) is 9.42. The topological polar surface area (TPSA) is 25.2 Å². The summed E-state index contributed by atoms with van der Waals surface area (Å²) in [6.07, 6.45) is 1.66. The summed E-state index contributed by atoms with van der Waals surface area (Å²) >= 11 is 9.36. The third-order valence-corrected chi connectivity index (χ3v) is 2.60. The Hall–Kier alpha value is -0.670. The molecule has 0 aliphatic carbocycles. The van der Waals surface area contributed by atoms with Gasteiger partial charge in [0.1, 0.15) is 6.26 Å². The molecule has 0 bridgehead atoms. The van der Waals surface area contributed by atoms with Crippen molar-refractivity contribution in [2.45, 2.75) is 0 Å². The monoisotopic (exact) mass is 259 g/mol. The van der Waals surface area contributed by atoms with Crippen molar-refractivity contribution >= 4 is 44.2 Å². The van der Waals surface area contributed by atoms with E-state index in [2.05, 4.69) is 21.2 Å². The SMILES string of the molecule is CNc1coc2c(Cl)cc(Br)cc12. The summed E-state index contributed by atoms with van der Waals surface area (Å²) in [7, 11) is 1.85. The Bertz CT molecular complexity index is 452. The maximum Gasteiger partial charge on any atom is 0.154 e. The molecule has 0 amide bonds. The van der Waals surface area contributed by atoms with Crippen LogP contribution in [0.2, 0.25) is 5.02 Å². The Morgan fingerprint density at radius 3 is 2.92 bits per heavy atom. The molecule has 2 nitrogen and oxygen atoms in total. The minimum Gasteiger partial charge on any atom is -0.461 e. The number of nitrogens with one attached hydrogen (secondary N) is 1. The standard InChI is InChI=1S/C9H7BrClNO/c1-12-8-4-13-9-6(8)2-5(10)3-7(9)11/h2-4,12H,1H3. The third-order valence-electron chi connectivity index (χ3n) is 1.86. The molecule has 0 unspecified atom stereocenters. The molecule has 0 saturated heterocycles. The molecule has 0 saturated carbocycles. The van der Waals surface area contributed by atoms with Gasteiger partial charge in [0.15, 0.2) is 5.58 Å². The van der Waals surface area contributed by atoms with Gasteiger partial charge in [0, 0.05) is 16.9 Å². The van der Waals surface area contributed by atoms with Gasteiger partial charge in [-0.2, -0.15) is 0 Å². The van der Waals surface area contributed by atoms with E-state index in [9.17, 15) is 0 Å². The minimum absolute atomic E-state index is 0.617. The second-order valence-corrected chi connectivity index (χ2v) is 3.99. The Balaban J connectivity index is 2.82. The molecule has 0 aliphatic rings. The predicted octanol–water partition coefficient (Wildman–Crippen LogP) is 3.89. The van der Waals surface area contributed by atoms with Crippen molar-refractivity contribution in [3.05, 3.63) is 27.9 Å². The van der Waals surface area contributed by atoms with E-state index in [1.165, 1.54) is 0 Å². The Morgan fingerprint density at radius 1 is 1.46 bits per heavy atom. The number of hydrogen-bond donors (Lipinski definition) is 1. The van der Waals surface area contributed by atoms with Crippen LogP contribution in [0.15, 0.2) is 27.3 Å². The van der Waals surface area contributed by atoms with Gasteiger partial charge in [0.05, 0.1) is 10.7 Å². The molecule has 2 rings (SSSR count). The number of fused-ring (bicyclic) bond motifs is 1. The number of hydrogen-bond acceptors (Lipinski definition) is 2. The average molecular weight is 261 g/mol. The molecule has 0 aliphatic heterocycles. The maximum absolute atomic E-state index is 5.98. The van der Waals surface area contributed by atoms with Gasteiger partial charge in [-0.05, 0) is 12.1 Å². The van der Waals surface area contributed by atoms with Crippen LogP contribution < -0.4 is 5.32 Å². The van der Waals surface area contributed by atoms with Crippen molar-refractivity contribution in [1.82, 2.24) is 0 Å². The van der Waals surface area contributed by atoms with Crippen LogP contribution in [0.25, 0.3) is 11.0 Å². The van der Waals surface area contributed by atoms with Gasteiger partial charge in [0.2, 0.25) is 0 Å². The number of benzene rings is 1. The average Bonchev–Trinajstić information content (AvgIpc) is 2.47. The fourth-order valence-electron chi connectivity index (χ4n) is 1.26. The van der Waals surface area contributed by atoms with Crippen LogP contribution in [0, 0.1) is 0 Å². The van der Waals surface area contributed by atoms with E-state index in [0.717, 1.165) is 15.5 Å². The first-order chi connectivity index (χ1) is 6.22. The van der Waals surface area contributed by atoms with Gasteiger partial charge in [-0.25, -0.2) is 0 Å². The summed E-state index contributed by atoms with van der Waals surface area (Å²) in [6.45, 7) is 0. The predicted molar refractivity (Wildman–Crippen MR) is 58.5 cm³/mol. The van der Waals surface area contributed by atoms with Gasteiger partial charge in [-0.1, -0.05) is 27.5 Å². The molecular formula is C9H7BrClNO. The number of rotatable bonds is 1. The van der Waals surface area contributed by atoms with Gasteiger partial charge in [-0.15, -0.1) is 0 Å². The van der Waals surface area contributed by atoms with Crippen LogP contribution in [0.4, 0.5) is 5.69 Å². The molecule has 1 aromatic heterocycles.